The molecule has 0 N–H and O–H groups in total. The predicted molar refractivity (Wildman–Crippen MR) is 107 cm³/mol. The van der Waals surface area contributed by atoms with Gasteiger partial charge < -0.3 is 14.4 Å². The van der Waals surface area contributed by atoms with E-state index in [2.05, 4.69) is 53.4 Å². The number of ether oxygens (including phenoxy) is 2. The van der Waals surface area contributed by atoms with E-state index in [9.17, 15) is 0 Å². The molecule has 0 aliphatic carbocycles. The third-order valence-corrected chi connectivity index (χ3v) is 6.78. The van der Waals surface area contributed by atoms with Crippen LogP contribution in [0.25, 0.3) is 0 Å². The highest BCUT2D eigenvalue weighted by Gasteiger charge is 2.39. The zero-order valence-corrected chi connectivity index (χ0v) is 16.0. The Labute approximate surface area is 162 Å². The molecule has 0 saturated carbocycles. The molecule has 3 aliphatic rings. The molecule has 0 radical (unpaired) electrons. The van der Waals surface area contributed by atoms with Gasteiger partial charge in [-0.05, 0) is 61.4 Å². The Bertz CT molecular complexity index is 794. The second-order valence-electron chi connectivity index (χ2n) is 8.43. The number of fused-ring (bicyclic) bond motifs is 2. The number of rotatable bonds is 3. The van der Waals surface area contributed by atoms with Gasteiger partial charge in [0.15, 0.2) is 0 Å². The van der Waals surface area contributed by atoms with E-state index in [0.29, 0.717) is 5.92 Å². The van der Waals surface area contributed by atoms with E-state index < -0.39 is 0 Å². The fourth-order valence-corrected chi connectivity index (χ4v) is 5.03. The van der Waals surface area contributed by atoms with Crippen molar-refractivity contribution < 1.29 is 9.47 Å². The molecule has 2 aromatic rings. The van der Waals surface area contributed by atoms with Crippen LogP contribution in [0.4, 0.5) is 0 Å². The number of likely N-dealkylation sites (tertiary alicyclic amines) is 1. The number of hydrogen-bond acceptors (Lipinski definition) is 3. The van der Waals surface area contributed by atoms with Crippen molar-refractivity contribution in [2.24, 2.45) is 0 Å². The van der Waals surface area contributed by atoms with E-state index in [1.54, 1.807) is 0 Å². The molecule has 0 amide bonds. The molecule has 27 heavy (non-hydrogen) atoms. The summed E-state index contributed by atoms with van der Waals surface area (Å²) in [5.74, 6) is 1.66. The second-order valence-corrected chi connectivity index (χ2v) is 8.43. The van der Waals surface area contributed by atoms with E-state index >= 15 is 0 Å². The summed E-state index contributed by atoms with van der Waals surface area (Å²) in [5.41, 5.74) is 4.33. The fraction of sp³-hybridized carbons (Fsp3) is 0.500. The van der Waals surface area contributed by atoms with E-state index in [1.165, 1.54) is 29.5 Å². The summed E-state index contributed by atoms with van der Waals surface area (Å²) in [6.07, 6.45) is 5.82. The minimum atomic E-state index is 0.0748. The van der Waals surface area contributed by atoms with Crippen LogP contribution in [0, 0.1) is 0 Å². The highest BCUT2D eigenvalue weighted by Crippen LogP contribution is 2.39. The normalized spacial score (nSPS) is 24.1. The maximum atomic E-state index is 6.50. The van der Waals surface area contributed by atoms with Gasteiger partial charge in [0.2, 0.25) is 0 Å². The molecular weight excluding hydrogens is 334 g/mol. The fourth-order valence-electron chi connectivity index (χ4n) is 5.03. The first-order chi connectivity index (χ1) is 13.3. The third-order valence-electron chi connectivity index (χ3n) is 6.78. The van der Waals surface area contributed by atoms with Gasteiger partial charge in [0.1, 0.15) is 11.4 Å². The van der Waals surface area contributed by atoms with Crippen molar-refractivity contribution >= 4 is 0 Å². The van der Waals surface area contributed by atoms with Crippen molar-refractivity contribution in [1.29, 1.82) is 0 Å². The molecule has 2 aromatic carbocycles. The monoisotopic (exact) mass is 363 g/mol. The summed E-state index contributed by atoms with van der Waals surface area (Å²) in [6.45, 7) is 5.11. The lowest BCUT2D eigenvalue weighted by Gasteiger charge is -2.45. The van der Waals surface area contributed by atoms with Gasteiger partial charge in [-0.1, -0.05) is 42.5 Å². The molecule has 1 fully saturated rings. The molecule has 3 nitrogen and oxygen atoms in total. The summed E-state index contributed by atoms with van der Waals surface area (Å²) in [4.78, 5) is 2.63. The van der Waals surface area contributed by atoms with Crippen LogP contribution >= 0.6 is 0 Å². The Hall–Kier alpha value is -1.84. The first-order valence-electron chi connectivity index (χ1n) is 10.5. The summed E-state index contributed by atoms with van der Waals surface area (Å²) in [6, 6.07) is 17.4. The second kappa shape index (κ2) is 7.29. The SMILES string of the molecule is c1ccc2c(c1)CCC1(CCN(CCC3COCc4ccccc43)CC1)O2. The Morgan fingerprint density at radius 3 is 2.59 bits per heavy atom. The zero-order chi connectivity index (χ0) is 18.1. The van der Waals surface area contributed by atoms with E-state index in [-0.39, 0.29) is 5.60 Å². The van der Waals surface area contributed by atoms with Gasteiger partial charge >= 0.3 is 0 Å². The van der Waals surface area contributed by atoms with Crippen molar-refractivity contribution in [2.45, 2.75) is 50.2 Å². The molecule has 3 heteroatoms. The van der Waals surface area contributed by atoms with Crippen LogP contribution in [0.5, 0.6) is 5.75 Å². The number of hydrogen-bond donors (Lipinski definition) is 0. The lowest BCUT2D eigenvalue weighted by molar-refractivity contribution is -0.0158. The average Bonchev–Trinajstić information content (AvgIpc) is 2.73. The number of benzene rings is 2. The predicted octanol–water partition coefficient (Wildman–Crippen LogP) is 4.55. The Balaban J connectivity index is 1.17. The van der Waals surface area contributed by atoms with Crippen molar-refractivity contribution in [2.75, 3.05) is 26.2 Å². The van der Waals surface area contributed by atoms with Crippen molar-refractivity contribution in [3.05, 3.63) is 65.2 Å². The van der Waals surface area contributed by atoms with E-state index in [4.69, 9.17) is 9.47 Å². The van der Waals surface area contributed by atoms with E-state index in [1.807, 2.05) is 0 Å². The quantitative estimate of drug-likeness (QED) is 0.798. The van der Waals surface area contributed by atoms with Gasteiger partial charge in [-0.3, -0.25) is 0 Å². The van der Waals surface area contributed by atoms with Gasteiger partial charge in [-0.25, -0.2) is 0 Å². The molecule has 142 valence electrons. The van der Waals surface area contributed by atoms with Gasteiger partial charge in [0, 0.05) is 19.0 Å². The zero-order valence-electron chi connectivity index (χ0n) is 16.0. The smallest absolute Gasteiger partial charge is 0.123 e. The molecule has 1 atom stereocenters. The van der Waals surface area contributed by atoms with E-state index in [0.717, 1.165) is 57.9 Å². The summed E-state index contributed by atoms with van der Waals surface area (Å²) in [5, 5.41) is 0. The third kappa shape index (κ3) is 3.51. The maximum Gasteiger partial charge on any atom is 0.123 e. The molecule has 0 aromatic heterocycles. The van der Waals surface area contributed by atoms with Gasteiger partial charge in [-0.15, -0.1) is 0 Å². The van der Waals surface area contributed by atoms with Crippen LogP contribution in [0.3, 0.4) is 0 Å². The lowest BCUT2D eigenvalue weighted by Crippen LogP contribution is -2.50. The van der Waals surface area contributed by atoms with Gasteiger partial charge in [0.05, 0.1) is 13.2 Å². The highest BCUT2D eigenvalue weighted by atomic mass is 16.5. The average molecular weight is 364 g/mol. The Morgan fingerprint density at radius 2 is 1.70 bits per heavy atom. The van der Waals surface area contributed by atoms with Crippen LogP contribution in [-0.4, -0.2) is 36.7 Å². The van der Waals surface area contributed by atoms with Crippen LogP contribution in [0.2, 0.25) is 0 Å². The molecule has 1 unspecified atom stereocenters. The topological polar surface area (TPSA) is 21.7 Å². The van der Waals surface area contributed by atoms with Crippen LogP contribution in [0.1, 0.15) is 48.3 Å². The minimum Gasteiger partial charge on any atom is -0.487 e. The molecule has 3 aliphatic heterocycles. The number of para-hydroxylation sites is 1. The van der Waals surface area contributed by atoms with Crippen LogP contribution in [-0.2, 0) is 17.8 Å². The highest BCUT2D eigenvalue weighted by molar-refractivity contribution is 5.36. The molecular formula is C24H29NO2. The maximum absolute atomic E-state index is 6.50. The first-order valence-corrected chi connectivity index (χ1v) is 10.5. The lowest BCUT2D eigenvalue weighted by atomic mass is 9.83. The largest absolute Gasteiger partial charge is 0.487 e. The molecule has 5 rings (SSSR count). The van der Waals surface area contributed by atoms with Crippen LogP contribution in [0.15, 0.2) is 48.5 Å². The molecule has 0 bridgehead atoms. The standard InChI is InChI=1S/C24H29NO2/c1-3-7-22-20(6-1)17-26-18-21(22)10-14-25-15-12-24(13-16-25)11-9-19-5-2-4-8-23(19)27-24/h1-8,21H,9-18H2. The van der Waals surface area contributed by atoms with Crippen molar-refractivity contribution in [3.8, 4) is 5.75 Å². The Kier molecular flexibility index (Phi) is 4.66. The van der Waals surface area contributed by atoms with Gasteiger partial charge in [-0.2, -0.15) is 0 Å². The van der Waals surface area contributed by atoms with Crippen molar-refractivity contribution in [1.82, 2.24) is 4.90 Å². The Morgan fingerprint density at radius 1 is 0.926 bits per heavy atom. The number of piperidine rings is 1. The minimum absolute atomic E-state index is 0.0748. The van der Waals surface area contributed by atoms with Crippen LogP contribution < -0.4 is 4.74 Å². The summed E-state index contributed by atoms with van der Waals surface area (Å²) in [7, 11) is 0. The molecule has 1 saturated heterocycles. The summed E-state index contributed by atoms with van der Waals surface area (Å²) < 4.78 is 12.3. The number of nitrogens with zero attached hydrogens (tertiary/aromatic N) is 1. The first kappa shape index (κ1) is 17.3. The molecule has 1 spiro atoms. The van der Waals surface area contributed by atoms with Crippen molar-refractivity contribution in [3.63, 3.8) is 0 Å². The summed E-state index contributed by atoms with van der Waals surface area (Å²) >= 11 is 0. The van der Waals surface area contributed by atoms with Gasteiger partial charge in [0.25, 0.3) is 0 Å². The molecule has 3 heterocycles. The number of aryl methyl sites for hydroxylation is 1.